The third-order valence-electron chi connectivity index (χ3n) is 5.97. The molecule has 32 heavy (non-hydrogen) atoms. The van der Waals surface area contributed by atoms with E-state index in [-0.39, 0.29) is 17.6 Å². The Kier molecular flexibility index (Phi) is 5.66. The molecule has 1 saturated heterocycles. The van der Waals surface area contributed by atoms with Crippen molar-refractivity contribution >= 4 is 44.8 Å². The molecule has 0 bridgehead atoms. The Balaban J connectivity index is 1.48. The molecule has 0 spiro atoms. The van der Waals surface area contributed by atoms with Crippen molar-refractivity contribution in [1.82, 2.24) is 9.97 Å². The van der Waals surface area contributed by atoms with Crippen molar-refractivity contribution in [1.29, 1.82) is 0 Å². The summed E-state index contributed by atoms with van der Waals surface area (Å²) in [5.74, 6) is 0.678. The zero-order valence-corrected chi connectivity index (χ0v) is 19.1. The summed E-state index contributed by atoms with van der Waals surface area (Å²) in [5.41, 5.74) is 5.08. The van der Waals surface area contributed by atoms with E-state index in [1.165, 1.54) is 11.3 Å². The Morgan fingerprint density at radius 3 is 2.88 bits per heavy atom. The first-order valence-electron chi connectivity index (χ1n) is 10.5. The third kappa shape index (κ3) is 3.89. The van der Waals surface area contributed by atoms with Gasteiger partial charge in [0.05, 0.1) is 21.8 Å². The van der Waals surface area contributed by atoms with Crippen LogP contribution in [0.4, 0.5) is 10.2 Å². The monoisotopic (exact) mass is 465 g/mol. The fourth-order valence-electron chi connectivity index (χ4n) is 4.44. The predicted molar refractivity (Wildman–Crippen MR) is 128 cm³/mol. The van der Waals surface area contributed by atoms with Crippen LogP contribution in [0.5, 0.6) is 0 Å². The molecule has 0 aliphatic carbocycles. The number of Topliss-reactive ketones (excluding diaryl/α,β-unsaturated/α-hetero) is 1. The maximum absolute atomic E-state index is 15.7. The molecular formula is C25H21ClFN3OS. The Bertz CT molecular complexity index is 1300. The van der Waals surface area contributed by atoms with Gasteiger partial charge in [-0.05, 0) is 60.7 Å². The SMILES string of the molecule is CC(=O)[C@@H]1CCCN1c1ccc(Cc2cc3scnc3c(-c3cccc(Cl)c3)c2F)cn1. The van der Waals surface area contributed by atoms with Crippen molar-refractivity contribution in [2.75, 3.05) is 11.4 Å². The number of rotatable bonds is 5. The lowest BCUT2D eigenvalue weighted by atomic mass is 9.97. The molecular weight excluding hydrogens is 445 g/mol. The second-order valence-electron chi connectivity index (χ2n) is 8.10. The summed E-state index contributed by atoms with van der Waals surface area (Å²) in [6.07, 6.45) is 4.04. The number of fused-ring (bicyclic) bond motifs is 1. The van der Waals surface area contributed by atoms with Gasteiger partial charge in [0.2, 0.25) is 0 Å². The number of aromatic nitrogens is 2. The second kappa shape index (κ2) is 8.60. The van der Waals surface area contributed by atoms with Crippen LogP contribution in [0.1, 0.15) is 30.9 Å². The quantitative estimate of drug-likeness (QED) is 0.347. The maximum atomic E-state index is 15.7. The van der Waals surface area contributed by atoms with E-state index < -0.39 is 0 Å². The number of pyridine rings is 1. The first kappa shape index (κ1) is 21.0. The second-order valence-corrected chi connectivity index (χ2v) is 9.42. The van der Waals surface area contributed by atoms with Crippen molar-refractivity contribution in [2.45, 2.75) is 32.2 Å². The van der Waals surface area contributed by atoms with Gasteiger partial charge in [-0.25, -0.2) is 14.4 Å². The van der Waals surface area contributed by atoms with Crippen LogP contribution in [-0.4, -0.2) is 28.3 Å². The number of hydrogen-bond acceptors (Lipinski definition) is 5. The number of thiazole rings is 1. The molecule has 4 aromatic rings. The molecule has 0 amide bonds. The summed E-state index contributed by atoms with van der Waals surface area (Å²) in [6.45, 7) is 2.46. The van der Waals surface area contributed by atoms with Gasteiger partial charge < -0.3 is 4.90 Å². The highest BCUT2D eigenvalue weighted by molar-refractivity contribution is 7.16. The Morgan fingerprint density at radius 1 is 1.25 bits per heavy atom. The number of carbonyl (C=O) groups is 1. The highest BCUT2D eigenvalue weighted by atomic mass is 35.5. The number of ketones is 1. The van der Waals surface area contributed by atoms with Gasteiger partial charge in [-0.2, -0.15) is 0 Å². The number of benzene rings is 2. The molecule has 1 aliphatic heterocycles. The molecule has 0 radical (unpaired) electrons. The largest absolute Gasteiger partial charge is 0.347 e. The zero-order valence-electron chi connectivity index (χ0n) is 17.5. The van der Waals surface area contributed by atoms with Crippen LogP contribution in [0.3, 0.4) is 0 Å². The first-order chi connectivity index (χ1) is 15.5. The minimum absolute atomic E-state index is 0.0974. The van der Waals surface area contributed by atoms with E-state index in [2.05, 4.69) is 14.9 Å². The van der Waals surface area contributed by atoms with E-state index in [0.717, 1.165) is 35.5 Å². The minimum Gasteiger partial charge on any atom is -0.347 e. The molecule has 1 fully saturated rings. The van der Waals surface area contributed by atoms with E-state index >= 15 is 4.39 Å². The van der Waals surface area contributed by atoms with Crippen molar-refractivity contribution in [3.8, 4) is 11.1 Å². The van der Waals surface area contributed by atoms with E-state index in [4.69, 9.17) is 11.6 Å². The Hall–Kier alpha value is -2.83. The molecule has 0 unspecified atom stereocenters. The summed E-state index contributed by atoms with van der Waals surface area (Å²) in [5, 5.41) is 0.557. The van der Waals surface area contributed by atoms with Crippen LogP contribution in [0, 0.1) is 5.82 Å². The van der Waals surface area contributed by atoms with Gasteiger partial charge >= 0.3 is 0 Å². The highest BCUT2D eigenvalue weighted by Gasteiger charge is 2.29. The van der Waals surface area contributed by atoms with E-state index in [0.29, 0.717) is 33.7 Å². The summed E-state index contributed by atoms with van der Waals surface area (Å²) in [6, 6.07) is 12.9. The zero-order chi connectivity index (χ0) is 22.2. The fraction of sp³-hybridized carbons (Fsp3) is 0.240. The minimum atomic E-state index is -0.286. The van der Waals surface area contributed by atoms with Gasteiger partial charge in [-0.1, -0.05) is 29.8 Å². The average molecular weight is 466 g/mol. The molecule has 2 aromatic carbocycles. The van der Waals surface area contributed by atoms with E-state index in [1.54, 1.807) is 30.8 Å². The standard InChI is InChI=1S/C25H21ClFN3OS/c1-15(31)20-6-3-9-30(20)22-8-7-16(13-28-22)10-18-12-21-25(29-14-32-21)23(24(18)27)17-4-2-5-19(26)11-17/h2,4-5,7-8,11-14,20H,3,6,9-10H2,1H3/t20-/m0/s1. The number of nitrogens with zero attached hydrogens (tertiary/aromatic N) is 3. The molecule has 4 nitrogen and oxygen atoms in total. The van der Waals surface area contributed by atoms with Crippen LogP contribution in [0.15, 0.2) is 54.2 Å². The summed E-state index contributed by atoms with van der Waals surface area (Å²) in [7, 11) is 0. The van der Waals surface area contributed by atoms with Crippen molar-refractivity contribution in [2.24, 2.45) is 0 Å². The lowest BCUT2D eigenvalue weighted by Crippen LogP contribution is -2.35. The molecule has 0 saturated carbocycles. The van der Waals surface area contributed by atoms with Crippen LogP contribution >= 0.6 is 22.9 Å². The number of hydrogen-bond donors (Lipinski definition) is 0. The summed E-state index contributed by atoms with van der Waals surface area (Å²) >= 11 is 7.66. The van der Waals surface area contributed by atoms with Crippen LogP contribution in [0.25, 0.3) is 21.3 Å². The third-order valence-corrected chi connectivity index (χ3v) is 6.98. The maximum Gasteiger partial charge on any atom is 0.152 e. The van der Waals surface area contributed by atoms with Gasteiger partial charge in [0, 0.05) is 29.7 Å². The van der Waals surface area contributed by atoms with Crippen molar-refractivity contribution < 1.29 is 9.18 Å². The van der Waals surface area contributed by atoms with E-state index in [9.17, 15) is 4.79 Å². The van der Waals surface area contributed by atoms with Gasteiger partial charge in [0.1, 0.15) is 11.6 Å². The van der Waals surface area contributed by atoms with Crippen molar-refractivity contribution in [3.05, 3.63) is 76.1 Å². The molecule has 2 aromatic heterocycles. The topological polar surface area (TPSA) is 46.1 Å². The fourth-order valence-corrected chi connectivity index (χ4v) is 5.38. The van der Waals surface area contributed by atoms with Gasteiger partial charge in [-0.15, -0.1) is 11.3 Å². The molecule has 1 atom stereocenters. The predicted octanol–water partition coefficient (Wildman–Crippen LogP) is 6.30. The number of carbonyl (C=O) groups excluding carboxylic acids is 1. The number of halogens is 2. The van der Waals surface area contributed by atoms with Crippen molar-refractivity contribution in [3.63, 3.8) is 0 Å². The lowest BCUT2D eigenvalue weighted by molar-refractivity contribution is -0.118. The van der Waals surface area contributed by atoms with Gasteiger partial charge in [0.15, 0.2) is 5.78 Å². The van der Waals surface area contributed by atoms with Crippen LogP contribution in [0.2, 0.25) is 5.02 Å². The molecule has 3 heterocycles. The normalized spacial score (nSPS) is 16.1. The molecule has 1 aliphatic rings. The van der Waals surface area contributed by atoms with Crippen LogP contribution in [-0.2, 0) is 11.2 Å². The first-order valence-corrected chi connectivity index (χ1v) is 11.8. The summed E-state index contributed by atoms with van der Waals surface area (Å²) in [4.78, 5) is 23.0. The molecule has 0 N–H and O–H groups in total. The number of anilines is 1. The molecule has 5 rings (SSSR count). The summed E-state index contributed by atoms with van der Waals surface area (Å²) < 4.78 is 16.6. The van der Waals surface area contributed by atoms with E-state index in [1.807, 2.05) is 30.3 Å². The van der Waals surface area contributed by atoms with Gasteiger partial charge in [-0.3, -0.25) is 4.79 Å². The van der Waals surface area contributed by atoms with Gasteiger partial charge in [0.25, 0.3) is 0 Å². The lowest BCUT2D eigenvalue weighted by Gasteiger charge is -2.23. The molecule has 7 heteroatoms. The average Bonchev–Trinajstić information content (AvgIpc) is 3.44. The Morgan fingerprint density at radius 2 is 2.12 bits per heavy atom. The Labute approximate surface area is 194 Å². The highest BCUT2D eigenvalue weighted by Crippen LogP contribution is 2.36. The smallest absolute Gasteiger partial charge is 0.152 e. The molecule has 162 valence electrons. The van der Waals surface area contributed by atoms with Crippen LogP contribution < -0.4 is 4.90 Å².